The second-order valence-corrected chi connectivity index (χ2v) is 11.1. The van der Waals surface area contributed by atoms with Gasteiger partial charge in [-0.2, -0.15) is 0 Å². The van der Waals surface area contributed by atoms with Gasteiger partial charge in [-0.3, -0.25) is 4.79 Å². The van der Waals surface area contributed by atoms with E-state index in [-0.39, 0.29) is 23.3 Å². The number of aromatic nitrogens is 2. The molecule has 7 nitrogen and oxygen atoms in total. The Hall–Kier alpha value is -4.13. The summed E-state index contributed by atoms with van der Waals surface area (Å²) in [4.78, 5) is 45.6. The summed E-state index contributed by atoms with van der Waals surface area (Å²) in [6.07, 6.45) is 12.5. The van der Waals surface area contributed by atoms with Crippen LogP contribution in [0.15, 0.2) is 59.6 Å². The van der Waals surface area contributed by atoms with Crippen molar-refractivity contribution in [1.29, 1.82) is 0 Å². The molecule has 7 heteroatoms. The predicted octanol–water partition coefficient (Wildman–Crippen LogP) is 6.57. The maximum Gasteiger partial charge on any atom is 0.336 e. The number of hydrogen-bond acceptors (Lipinski definition) is 4. The third-order valence-corrected chi connectivity index (χ3v) is 8.36. The highest BCUT2D eigenvalue weighted by molar-refractivity contribution is 6.07. The lowest BCUT2D eigenvalue weighted by atomic mass is 9.77. The van der Waals surface area contributed by atoms with E-state index >= 15 is 0 Å². The van der Waals surface area contributed by atoms with Crippen LogP contribution in [0.3, 0.4) is 0 Å². The molecule has 2 aliphatic carbocycles. The topological polar surface area (TPSA) is 102 Å². The Labute approximate surface area is 241 Å². The largest absolute Gasteiger partial charge is 0.478 e. The van der Waals surface area contributed by atoms with Crippen molar-refractivity contribution < 1.29 is 19.5 Å². The number of aldehydes is 1. The number of aliphatic imine (C=N–C) groups is 1. The number of rotatable bonds is 10. The fraction of sp³-hybridized carbons (Fsp3) is 0.382. The van der Waals surface area contributed by atoms with Crippen LogP contribution in [-0.4, -0.2) is 38.5 Å². The summed E-state index contributed by atoms with van der Waals surface area (Å²) in [5, 5.41) is 9.59. The summed E-state index contributed by atoms with van der Waals surface area (Å²) in [6, 6.07) is 15.1. The molecule has 2 atom stereocenters. The minimum Gasteiger partial charge on any atom is -0.478 e. The summed E-state index contributed by atoms with van der Waals surface area (Å²) in [6.45, 7) is 2.79. The molecule has 2 aromatic carbocycles. The van der Waals surface area contributed by atoms with Crippen LogP contribution in [0, 0.1) is 11.8 Å². The van der Waals surface area contributed by atoms with Gasteiger partial charge in [0, 0.05) is 31.7 Å². The van der Waals surface area contributed by atoms with E-state index in [4.69, 9.17) is 4.98 Å². The second-order valence-electron chi connectivity index (χ2n) is 11.1. The number of allylic oxidation sites excluding steroid dienone is 1. The lowest BCUT2D eigenvalue weighted by Crippen LogP contribution is -2.27. The lowest BCUT2D eigenvalue weighted by Gasteiger charge is -2.27. The molecule has 1 saturated carbocycles. The Morgan fingerprint density at radius 2 is 1.85 bits per heavy atom. The molecule has 2 aliphatic rings. The first-order valence-electron chi connectivity index (χ1n) is 14.7. The third-order valence-electron chi connectivity index (χ3n) is 8.36. The number of aromatic carboxylic acids is 1. The van der Waals surface area contributed by atoms with E-state index in [2.05, 4.69) is 16.5 Å². The monoisotopic (exact) mass is 551 g/mol. The number of benzene rings is 2. The molecule has 5 rings (SSSR count). The number of unbranched alkanes of at least 4 members (excludes halogenated alkanes) is 1. The number of nitrogens with zero attached hydrogens (tertiary/aromatic N) is 3. The molecule has 0 aliphatic heterocycles. The zero-order valence-corrected chi connectivity index (χ0v) is 23.6. The van der Waals surface area contributed by atoms with E-state index in [1.807, 2.05) is 48.6 Å². The molecule has 212 valence electrons. The Morgan fingerprint density at radius 3 is 2.61 bits per heavy atom. The van der Waals surface area contributed by atoms with Gasteiger partial charge in [0.15, 0.2) is 0 Å². The summed E-state index contributed by atoms with van der Waals surface area (Å²) in [7, 11) is 0. The third kappa shape index (κ3) is 6.45. The zero-order valence-electron chi connectivity index (χ0n) is 23.6. The number of fused-ring (bicyclic) bond motifs is 1. The second kappa shape index (κ2) is 13.0. The van der Waals surface area contributed by atoms with Crippen molar-refractivity contribution in [3.8, 4) is 11.1 Å². The van der Waals surface area contributed by atoms with E-state index in [9.17, 15) is 19.5 Å². The molecule has 2 unspecified atom stereocenters. The molecule has 1 amide bonds. The van der Waals surface area contributed by atoms with Gasteiger partial charge in [-0.1, -0.05) is 68.7 Å². The molecule has 1 heterocycles. The average Bonchev–Trinajstić information content (AvgIpc) is 3.33. The van der Waals surface area contributed by atoms with E-state index in [1.165, 1.54) is 0 Å². The molecule has 0 saturated heterocycles. The number of carbonyl (C=O) groups is 3. The van der Waals surface area contributed by atoms with Gasteiger partial charge in [-0.05, 0) is 60.1 Å². The van der Waals surface area contributed by atoms with Crippen LogP contribution in [0.4, 0.5) is 0 Å². The average molecular weight is 552 g/mol. The summed E-state index contributed by atoms with van der Waals surface area (Å²) < 4.78 is 2.25. The van der Waals surface area contributed by atoms with Crippen molar-refractivity contribution in [3.05, 3.63) is 82.9 Å². The predicted molar refractivity (Wildman–Crippen MR) is 160 cm³/mol. The molecule has 1 fully saturated rings. The van der Waals surface area contributed by atoms with Crippen molar-refractivity contribution in [3.63, 3.8) is 0 Å². The van der Waals surface area contributed by atoms with Crippen LogP contribution in [0.5, 0.6) is 0 Å². The molecular weight excluding hydrogens is 514 g/mol. The van der Waals surface area contributed by atoms with Crippen LogP contribution in [0.1, 0.15) is 85.0 Å². The van der Waals surface area contributed by atoms with Crippen LogP contribution in [0.25, 0.3) is 17.2 Å². The van der Waals surface area contributed by atoms with E-state index in [0.717, 1.165) is 85.3 Å². The van der Waals surface area contributed by atoms with E-state index < -0.39 is 5.97 Å². The van der Waals surface area contributed by atoms with E-state index in [0.29, 0.717) is 24.9 Å². The molecule has 41 heavy (non-hydrogen) atoms. The minimum absolute atomic E-state index is 0.0952. The smallest absolute Gasteiger partial charge is 0.336 e. The SMILES string of the molecule is CCCCc1nc2c(n1Cc1ccc(-c3ccccc3C(=O)O)cc1)CC(=NC(=O)C1CCCCC1CC=O)C=C2. The van der Waals surface area contributed by atoms with Crippen molar-refractivity contribution >= 4 is 30.0 Å². The minimum atomic E-state index is -0.943. The Balaban J connectivity index is 1.40. The first-order chi connectivity index (χ1) is 20.0. The van der Waals surface area contributed by atoms with Gasteiger partial charge in [-0.15, -0.1) is 0 Å². The van der Waals surface area contributed by atoms with Gasteiger partial charge in [0.25, 0.3) is 0 Å². The Bertz CT molecular complexity index is 1480. The number of carboxylic acid groups (broad SMARTS) is 1. The fourth-order valence-electron chi connectivity index (χ4n) is 6.13. The lowest BCUT2D eigenvalue weighted by molar-refractivity contribution is -0.124. The molecule has 0 bridgehead atoms. The number of hydrogen-bond donors (Lipinski definition) is 1. The van der Waals surface area contributed by atoms with Crippen molar-refractivity contribution in [1.82, 2.24) is 9.55 Å². The standard InChI is InChI=1S/C34H37N3O4/c1-2-3-12-32-36-30-18-17-26(35-33(39)28-10-5-4-8-24(28)19-20-38)21-31(30)37(32)22-23-13-15-25(16-14-23)27-9-6-7-11-29(27)34(40)41/h6-7,9,11,13-18,20,24,28H,2-5,8,10,12,19,21-22H2,1H3,(H,40,41). The number of amides is 1. The number of carbonyl (C=O) groups excluding carboxylic acids is 2. The molecular formula is C34H37N3O4. The first kappa shape index (κ1) is 28.4. The number of imidazole rings is 1. The van der Waals surface area contributed by atoms with Gasteiger partial charge >= 0.3 is 5.97 Å². The zero-order chi connectivity index (χ0) is 28.8. The summed E-state index contributed by atoms with van der Waals surface area (Å²) in [5.74, 6) is -0.104. The van der Waals surface area contributed by atoms with E-state index in [1.54, 1.807) is 12.1 Å². The fourth-order valence-corrected chi connectivity index (χ4v) is 6.13. The molecule has 0 spiro atoms. The van der Waals surface area contributed by atoms with Gasteiger partial charge in [0.2, 0.25) is 5.91 Å². The highest BCUT2D eigenvalue weighted by atomic mass is 16.4. The van der Waals surface area contributed by atoms with Gasteiger partial charge in [0.1, 0.15) is 12.1 Å². The van der Waals surface area contributed by atoms with Crippen LogP contribution in [0.2, 0.25) is 0 Å². The van der Waals surface area contributed by atoms with Gasteiger partial charge in [-0.25, -0.2) is 14.8 Å². The maximum absolute atomic E-state index is 13.2. The Kier molecular flexibility index (Phi) is 9.02. The molecule has 3 aromatic rings. The maximum atomic E-state index is 13.2. The summed E-state index contributed by atoms with van der Waals surface area (Å²) >= 11 is 0. The first-order valence-corrected chi connectivity index (χ1v) is 14.7. The van der Waals surface area contributed by atoms with Gasteiger partial charge in [0.05, 0.1) is 22.7 Å². The van der Waals surface area contributed by atoms with Crippen LogP contribution >= 0.6 is 0 Å². The molecule has 1 aromatic heterocycles. The number of aryl methyl sites for hydroxylation is 1. The van der Waals surface area contributed by atoms with Crippen LogP contribution in [-0.2, 0) is 29.0 Å². The normalized spacial score (nSPS) is 19.2. The highest BCUT2D eigenvalue weighted by Gasteiger charge is 2.31. The Morgan fingerprint density at radius 1 is 1.07 bits per heavy atom. The van der Waals surface area contributed by atoms with Crippen molar-refractivity contribution in [2.24, 2.45) is 16.8 Å². The highest BCUT2D eigenvalue weighted by Crippen LogP contribution is 2.33. The van der Waals surface area contributed by atoms with Crippen LogP contribution < -0.4 is 0 Å². The van der Waals surface area contributed by atoms with Crippen molar-refractivity contribution in [2.75, 3.05) is 0 Å². The summed E-state index contributed by atoms with van der Waals surface area (Å²) in [5.41, 5.74) is 5.63. The van der Waals surface area contributed by atoms with Crippen molar-refractivity contribution in [2.45, 2.75) is 71.3 Å². The molecule has 1 N–H and O–H groups in total. The quantitative estimate of drug-likeness (QED) is 0.287. The molecule has 0 radical (unpaired) electrons. The number of carboxylic acids is 1. The van der Waals surface area contributed by atoms with Gasteiger partial charge < -0.3 is 14.5 Å².